The molecule has 3 nitrogen and oxygen atoms in total. The molecule has 0 radical (unpaired) electrons. The number of hydrogen-bond acceptors (Lipinski definition) is 2. The summed E-state index contributed by atoms with van der Waals surface area (Å²) >= 11 is 0. The van der Waals surface area contributed by atoms with Crippen molar-refractivity contribution in [1.82, 2.24) is 9.80 Å². The summed E-state index contributed by atoms with van der Waals surface area (Å²) < 4.78 is 12.9. The molecule has 1 aliphatic rings. The predicted molar refractivity (Wildman–Crippen MR) is 73.6 cm³/mol. The summed E-state index contributed by atoms with van der Waals surface area (Å²) in [5.74, 6) is -0.365. The van der Waals surface area contributed by atoms with Gasteiger partial charge in [-0.05, 0) is 57.6 Å². The SMILES string of the molecule is CN(CC1(N(C)C)CCC1)C(=O)c1ccc(F)cc1. The average molecular weight is 264 g/mol. The molecule has 1 fully saturated rings. The Morgan fingerprint density at radius 2 is 1.79 bits per heavy atom. The number of amides is 1. The molecule has 0 N–H and O–H groups in total. The van der Waals surface area contributed by atoms with Crippen LogP contribution in [0.25, 0.3) is 0 Å². The predicted octanol–water partition coefficient (Wildman–Crippen LogP) is 2.38. The minimum Gasteiger partial charge on any atom is -0.340 e. The monoisotopic (exact) mass is 264 g/mol. The second-order valence-electron chi connectivity index (χ2n) is 5.64. The first-order valence-electron chi connectivity index (χ1n) is 6.63. The van der Waals surface area contributed by atoms with Crippen LogP contribution < -0.4 is 0 Å². The van der Waals surface area contributed by atoms with E-state index in [0.717, 1.165) is 19.4 Å². The van der Waals surface area contributed by atoms with Crippen molar-refractivity contribution >= 4 is 5.91 Å². The van der Waals surface area contributed by atoms with E-state index in [-0.39, 0.29) is 17.3 Å². The van der Waals surface area contributed by atoms with E-state index in [1.807, 2.05) is 7.05 Å². The molecule has 1 aliphatic carbocycles. The van der Waals surface area contributed by atoms with Gasteiger partial charge in [-0.3, -0.25) is 4.79 Å². The minimum absolute atomic E-state index is 0.0480. The molecule has 0 aliphatic heterocycles. The van der Waals surface area contributed by atoms with Crippen LogP contribution in [-0.4, -0.2) is 48.9 Å². The van der Waals surface area contributed by atoms with Crippen LogP contribution in [0.1, 0.15) is 29.6 Å². The van der Waals surface area contributed by atoms with Crippen LogP contribution in [0.5, 0.6) is 0 Å². The summed E-state index contributed by atoms with van der Waals surface area (Å²) in [7, 11) is 5.94. The number of hydrogen-bond donors (Lipinski definition) is 0. The van der Waals surface area contributed by atoms with Gasteiger partial charge in [0.25, 0.3) is 5.91 Å². The van der Waals surface area contributed by atoms with Crippen molar-refractivity contribution in [3.05, 3.63) is 35.6 Å². The van der Waals surface area contributed by atoms with Crippen LogP contribution in [0.3, 0.4) is 0 Å². The van der Waals surface area contributed by atoms with E-state index >= 15 is 0 Å². The van der Waals surface area contributed by atoms with Crippen molar-refractivity contribution in [1.29, 1.82) is 0 Å². The Balaban J connectivity index is 2.05. The number of likely N-dealkylation sites (N-methyl/N-ethyl adjacent to an activating group) is 2. The Labute approximate surface area is 114 Å². The summed E-state index contributed by atoms with van der Waals surface area (Å²) in [6.45, 7) is 0.718. The molecule has 1 aromatic carbocycles. The maximum absolute atomic E-state index is 12.9. The normalized spacial score (nSPS) is 17.1. The van der Waals surface area contributed by atoms with E-state index in [9.17, 15) is 9.18 Å². The van der Waals surface area contributed by atoms with Gasteiger partial charge in [0.1, 0.15) is 5.82 Å². The van der Waals surface area contributed by atoms with Crippen LogP contribution in [0.2, 0.25) is 0 Å². The van der Waals surface area contributed by atoms with Crippen molar-refractivity contribution in [2.75, 3.05) is 27.7 Å². The number of carbonyl (C=O) groups is 1. The zero-order valence-electron chi connectivity index (χ0n) is 11.8. The van der Waals surface area contributed by atoms with Crippen molar-refractivity contribution in [3.63, 3.8) is 0 Å². The van der Waals surface area contributed by atoms with Crippen molar-refractivity contribution in [2.24, 2.45) is 0 Å². The lowest BCUT2D eigenvalue weighted by Crippen LogP contribution is -2.57. The van der Waals surface area contributed by atoms with Gasteiger partial charge in [-0.1, -0.05) is 0 Å². The highest BCUT2D eigenvalue weighted by molar-refractivity contribution is 5.94. The maximum atomic E-state index is 12.9. The van der Waals surface area contributed by atoms with Gasteiger partial charge in [-0.15, -0.1) is 0 Å². The van der Waals surface area contributed by atoms with Crippen LogP contribution in [0.15, 0.2) is 24.3 Å². The van der Waals surface area contributed by atoms with E-state index in [1.54, 1.807) is 4.90 Å². The first-order valence-corrected chi connectivity index (χ1v) is 6.63. The molecule has 1 amide bonds. The van der Waals surface area contributed by atoms with Gasteiger partial charge in [-0.2, -0.15) is 0 Å². The standard InChI is InChI=1S/C15H21FN2O/c1-17(2)15(9-4-10-15)11-18(3)14(19)12-5-7-13(16)8-6-12/h5-8H,4,9-11H2,1-3H3. The summed E-state index contributed by atoms with van der Waals surface area (Å²) in [6.07, 6.45) is 3.47. The Morgan fingerprint density at radius 3 is 2.21 bits per heavy atom. The fourth-order valence-corrected chi connectivity index (χ4v) is 2.66. The number of carbonyl (C=O) groups excluding carboxylic acids is 1. The van der Waals surface area contributed by atoms with E-state index in [4.69, 9.17) is 0 Å². The van der Waals surface area contributed by atoms with Crippen LogP contribution in [-0.2, 0) is 0 Å². The molecular formula is C15H21FN2O. The molecule has 19 heavy (non-hydrogen) atoms. The van der Waals surface area contributed by atoms with Crippen molar-refractivity contribution in [2.45, 2.75) is 24.8 Å². The lowest BCUT2D eigenvalue weighted by molar-refractivity contribution is 0.0252. The Hall–Kier alpha value is -1.42. The van der Waals surface area contributed by atoms with Crippen molar-refractivity contribution in [3.8, 4) is 0 Å². The molecule has 0 atom stereocenters. The molecule has 0 spiro atoms. The zero-order chi connectivity index (χ0) is 14.0. The van der Waals surface area contributed by atoms with Crippen LogP contribution in [0, 0.1) is 5.82 Å². The van der Waals surface area contributed by atoms with Gasteiger partial charge >= 0.3 is 0 Å². The van der Waals surface area contributed by atoms with Gasteiger partial charge in [0, 0.05) is 24.7 Å². The molecule has 0 saturated heterocycles. The smallest absolute Gasteiger partial charge is 0.253 e. The lowest BCUT2D eigenvalue weighted by atomic mass is 9.75. The fraction of sp³-hybridized carbons (Fsp3) is 0.533. The van der Waals surface area contributed by atoms with Gasteiger partial charge < -0.3 is 9.80 Å². The second-order valence-corrected chi connectivity index (χ2v) is 5.64. The van der Waals surface area contributed by atoms with E-state index in [2.05, 4.69) is 19.0 Å². The molecule has 1 saturated carbocycles. The molecule has 4 heteroatoms. The van der Waals surface area contributed by atoms with E-state index < -0.39 is 0 Å². The van der Waals surface area contributed by atoms with Crippen molar-refractivity contribution < 1.29 is 9.18 Å². The number of benzene rings is 1. The highest BCUT2D eigenvalue weighted by atomic mass is 19.1. The Bertz CT molecular complexity index is 452. The summed E-state index contributed by atoms with van der Waals surface area (Å²) in [4.78, 5) is 16.2. The third-order valence-corrected chi connectivity index (χ3v) is 4.20. The van der Waals surface area contributed by atoms with Gasteiger partial charge in [0.15, 0.2) is 0 Å². The highest BCUT2D eigenvalue weighted by Crippen LogP contribution is 2.36. The number of rotatable bonds is 4. The minimum atomic E-state index is -0.317. The molecule has 0 aromatic heterocycles. The molecule has 1 aromatic rings. The number of halogens is 1. The largest absolute Gasteiger partial charge is 0.340 e. The molecule has 0 unspecified atom stereocenters. The topological polar surface area (TPSA) is 23.6 Å². The zero-order valence-corrected chi connectivity index (χ0v) is 11.8. The van der Waals surface area contributed by atoms with Gasteiger partial charge in [0.05, 0.1) is 0 Å². The van der Waals surface area contributed by atoms with E-state index in [1.165, 1.54) is 30.7 Å². The van der Waals surface area contributed by atoms with Crippen LogP contribution in [0.4, 0.5) is 4.39 Å². The van der Waals surface area contributed by atoms with E-state index in [0.29, 0.717) is 5.56 Å². The molecule has 0 bridgehead atoms. The average Bonchev–Trinajstić information content (AvgIpc) is 2.33. The third kappa shape index (κ3) is 2.78. The summed E-state index contributed by atoms with van der Waals surface area (Å²) in [5, 5.41) is 0. The quantitative estimate of drug-likeness (QED) is 0.833. The molecule has 104 valence electrons. The highest BCUT2D eigenvalue weighted by Gasteiger charge is 2.40. The first kappa shape index (κ1) is 14.0. The molecule has 2 rings (SSSR count). The molecule has 0 heterocycles. The maximum Gasteiger partial charge on any atom is 0.253 e. The Morgan fingerprint density at radius 1 is 1.21 bits per heavy atom. The van der Waals surface area contributed by atoms with Gasteiger partial charge in [0.2, 0.25) is 0 Å². The fourth-order valence-electron chi connectivity index (χ4n) is 2.66. The van der Waals surface area contributed by atoms with Crippen LogP contribution >= 0.6 is 0 Å². The number of nitrogens with zero attached hydrogens (tertiary/aromatic N) is 2. The second kappa shape index (κ2) is 5.29. The van der Waals surface area contributed by atoms with Gasteiger partial charge in [-0.25, -0.2) is 4.39 Å². The summed E-state index contributed by atoms with van der Waals surface area (Å²) in [6, 6.07) is 5.73. The molecular weight excluding hydrogens is 243 g/mol. The first-order chi connectivity index (χ1) is 8.94. The lowest BCUT2D eigenvalue weighted by Gasteiger charge is -2.49. The third-order valence-electron chi connectivity index (χ3n) is 4.20. The Kier molecular flexibility index (Phi) is 3.90. The summed E-state index contributed by atoms with van der Waals surface area (Å²) in [5.41, 5.74) is 0.655.